The smallest absolute Gasteiger partial charge is 0.191 e. The van der Waals surface area contributed by atoms with Gasteiger partial charge in [-0.05, 0) is 49.9 Å². The van der Waals surface area contributed by atoms with Crippen molar-refractivity contribution in [3.8, 4) is 11.5 Å². The number of benzene rings is 1. The monoisotopic (exact) mass is 370 g/mol. The minimum Gasteiger partial charge on any atom is -0.497 e. The summed E-state index contributed by atoms with van der Waals surface area (Å²) >= 11 is 0. The molecule has 0 amide bonds. The molecule has 3 rings (SSSR count). The van der Waals surface area contributed by atoms with E-state index in [1.807, 2.05) is 24.3 Å². The summed E-state index contributed by atoms with van der Waals surface area (Å²) in [5.41, 5.74) is 1.11. The van der Waals surface area contributed by atoms with Crippen molar-refractivity contribution in [3.05, 3.63) is 48.3 Å². The standard InChI is InChI=1S/C21H30N4O2/c1-22-21(23-11-14-25-12-5-6-13-25)24-16-17-9-10-19(26-2)15-20(17)27-18-7-3-4-8-18/h5-6,9-10,12-13,15,18H,3-4,7-8,11,14,16H2,1-2H3,(H2,22,23,24). The van der Waals surface area contributed by atoms with Crippen molar-refractivity contribution < 1.29 is 9.47 Å². The van der Waals surface area contributed by atoms with Gasteiger partial charge in [-0.2, -0.15) is 0 Å². The third kappa shape index (κ3) is 5.67. The fourth-order valence-corrected chi connectivity index (χ4v) is 3.33. The van der Waals surface area contributed by atoms with Crippen LogP contribution in [0.5, 0.6) is 11.5 Å². The lowest BCUT2D eigenvalue weighted by molar-refractivity contribution is 0.207. The maximum Gasteiger partial charge on any atom is 0.191 e. The van der Waals surface area contributed by atoms with Crippen LogP contribution < -0.4 is 20.1 Å². The molecule has 1 saturated carbocycles. The summed E-state index contributed by atoms with van der Waals surface area (Å²) in [6.07, 6.45) is 9.19. The molecule has 27 heavy (non-hydrogen) atoms. The maximum atomic E-state index is 6.26. The molecule has 6 nitrogen and oxygen atoms in total. The average molecular weight is 370 g/mol. The van der Waals surface area contributed by atoms with Crippen LogP contribution in [0.2, 0.25) is 0 Å². The van der Waals surface area contributed by atoms with Crippen molar-refractivity contribution in [2.75, 3.05) is 20.7 Å². The summed E-state index contributed by atoms with van der Waals surface area (Å²) < 4.78 is 13.8. The van der Waals surface area contributed by atoms with Crippen LogP contribution in [-0.4, -0.2) is 37.3 Å². The number of nitrogens with one attached hydrogen (secondary N) is 2. The molecule has 146 valence electrons. The van der Waals surface area contributed by atoms with Crippen LogP contribution in [0, 0.1) is 0 Å². The summed E-state index contributed by atoms with van der Waals surface area (Å²) in [4.78, 5) is 4.31. The van der Waals surface area contributed by atoms with E-state index in [1.54, 1.807) is 14.2 Å². The average Bonchev–Trinajstić information content (AvgIpc) is 3.39. The summed E-state index contributed by atoms with van der Waals surface area (Å²) in [5, 5.41) is 6.72. The van der Waals surface area contributed by atoms with Gasteiger partial charge in [-0.1, -0.05) is 0 Å². The molecule has 0 atom stereocenters. The summed E-state index contributed by atoms with van der Waals surface area (Å²) in [7, 11) is 3.47. The molecular formula is C21H30N4O2. The molecule has 2 N–H and O–H groups in total. The predicted molar refractivity (Wildman–Crippen MR) is 109 cm³/mol. The molecule has 0 aliphatic heterocycles. The lowest BCUT2D eigenvalue weighted by Crippen LogP contribution is -2.38. The lowest BCUT2D eigenvalue weighted by atomic mass is 10.2. The molecule has 0 saturated heterocycles. The molecule has 0 spiro atoms. The van der Waals surface area contributed by atoms with Gasteiger partial charge in [0.2, 0.25) is 0 Å². The van der Waals surface area contributed by atoms with Crippen LogP contribution in [0.15, 0.2) is 47.7 Å². The lowest BCUT2D eigenvalue weighted by Gasteiger charge is -2.19. The number of aliphatic imine (C=N–C) groups is 1. The molecule has 0 unspecified atom stereocenters. The first-order valence-corrected chi connectivity index (χ1v) is 9.67. The largest absolute Gasteiger partial charge is 0.497 e. The number of hydrogen-bond acceptors (Lipinski definition) is 3. The van der Waals surface area contributed by atoms with E-state index in [-0.39, 0.29) is 0 Å². The Morgan fingerprint density at radius 1 is 1.19 bits per heavy atom. The first-order valence-electron chi connectivity index (χ1n) is 9.67. The number of rotatable bonds is 8. The molecular weight excluding hydrogens is 340 g/mol. The summed E-state index contributed by atoms with van der Waals surface area (Å²) in [6, 6.07) is 10.1. The van der Waals surface area contributed by atoms with E-state index in [9.17, 15) is 0 Å². The highest BCUT2D eigenvalue weighted by Crippen LogP contribution is 2.29. The van der Waals surface area contributed by atoms with Crippen LogP contribution in [0.4, 0.5) is 0 Å². The Labute approximate surface area is 161 Å². The Kier molecular flexibility index (Phi) is 7.02. The highest BCUT2D eigenvalue weighted by Gasteiger charge is 2.18. The van der Waals surface area contributed by atoms with E-state index in [2.05, 4.69) is 38.7 Å². The number of guanidine groups is 1. The Morgan fingerprint density at radius 3 is 2.67 bits per heavy atom. The second-order valence-electron chi connectivity index (χ2n) is 6.77. The predicted octanol–water partition coefficient (Wildman–Crippen LogP) is 3.18. The van der Waals surface area contributed by atoms with Crippen LogP contribution in [-0.2, 0) is 13.1 Å². The van der Waals surface area contributed by atoms with Gasteiger partial charge in [0.25, 0.3) is 0 Å². The number of hydrogen-bond donors (Lipinski definition) is 2. The maximum absolute atomic E-state index is 6.26. The van der Waals surface area contributed by atoms with Gasteiger partial charge in [-0.3, -0.25) is 4.99 Å². The van der Waals surface area contributed by atoms with Gasteiger partial charge < -0.3 is 24.7 Å². The topological polar surface area (TPSA) is 59.8 Å². The Balaban J connectivity index is 1.56. The zero-order valence-corrected chi connectivity index (χ0v) is 16.3. The molecule has 6 heteroatoms. The zero-order chi connectivity index (χ0) is 18.9. The van der Waals surface area contributed by atoms with Crippen LogP contribution in [0.3, 0.4) is 0 Å². The molecule has 1 aliphatic carbocycles. The highest BCUT2D eigenvalue weighted by molar-refractivity contribution is 5.79. The third-order valence-electron chi connectivity index (χ3n) is 4.87. The minimum absolute atomic E-state index is 0.315. The molecule has 1 fully saturated rings. The molecule has 1 aromatic heterocycles. The van der Waals surface area contributed by atoms with Gasteiger partial charge in [-0.15, -0.1) is 0 Å². The van der Waals surface area contributed by atoms with Gasteiger partial charge in [0, 0.05) is 50.7 Å². The zero-order valence-electron chi connectivity index (χ0n) is 16.3. The van der Waals surface area contributed by atoms with Crippen molar-refractivity contribution in [1.82, 2.24) is 15.2 Å². The van der Waals surface area contributed by atoms with E-state index in [0.717, 1.165) is 49.0 Å². The van der Waals surface area contributed by atoms with Gasteiger partial charge in [0.1, 0.15) is 11.5 Å². The number of methoxy groups -OCH3 is 1. The fourth-order valence-electron chi connectivity index (χ4n) is 3.33. The van der Waals surface area contributed by atoms with Gasteiger partial charge in [0.05, 0.1) is 13.2 Å². The number of ether oxygens (including phenoxy) is 2. The second kappa shape index (κ2) is 9.90. The quantitative estimate of drug-likeness (QED) is 0.553. The van der Waals surface area contributed by atoms with Crippen molar-refractivity contribution in [1.29, 1.82) is 0 Å². The van der Waals surface area contributed by atoms with Crippen molar-refractivity contribution >= 4 is 5.96 Å². The van der Waals surface area contributed by atoms with Crippen molar-refractivity contribution in [2.45, 2.75) is 44.9 Å². The van der Waals surface area contributed by atoms with E-state index < -0.39 is 0 Å². The van der Waals surface area contributed by atoms with Crippen molar-refractivity contribution in [3.63, 3.8) is 0 Å². The minimum atomic E-state index is 0.315. The van der Waals surface area contributed by atoms with E-state index >= 15 is 0 Å². The molecule has 1 heterocycles. The molecule has 1 aromatic carbocycles. The van der Waals surface area contributed by atoms with Gasteiger partial charge in [0.15, 0.2) is 5.96 Å². The van der Waals surface area contributed by atoms with E-state index in [1.165, 1.54) is 12.8 Å². The van der Waals surface area contributed by atoms with Gasteiger partial charge in [-0.25, -0.2) is 0 Å². The molecule has 0 radical (unpaired) electrons. The third-order valence-corrected chi connectivity index (χ3v) is 4.87. The van der Waals surface area contributed by atoms with Crippen LogP contribution >= 0.6 is 0 Å². The second-order valence-corrected chi connectivity index (χ2v) is 6.77. The molecule has 0 bridgehead atoms. The summed E-state index contributed by atoms with van der Waals surface area (Å²) in [6.45, 7) is 2.35. The van der Waals surface area contributed by atoms with E-state index in [0.29, 0.717) is 12.6 Å². The molecule has 1 aliphatic rings. The molecule has 2 aromatic rings. The normalized spacial score (nSPS) is 15.0. The first kappa shape index (κ1) is 19.1. The number of nitrogens with zero attached hydrogens (tertiary/aromatic N) is 2. The Morgan fingerprint density at radius 2 is 1.96 bits per heavy atom. The van der Waals surface area contributed by atoms with Crippen molar-refractivity contribution in [2.24, 2.45) is 4.99 Å². The Bertz CT molecular complexity index is 722. The Hall–Kier alpha value is -2.63. The highest BCUT2D eigenvalue weighted by atomic mass is 16.5. The van der Waals surface area contributed by atoms with Crippen LogP contribution in [0.25, 0.3) is 0 Å². The van der Waals surface area contributed by atoms with Crippen LogP contribution in [0.1, 0.15) is 31.2 Å². The van der Waals surface area contributed by atoms with E-state index in [4.69, 9.17) is 9.47 Å². The first-order chi connectivity index (χ1) is 13.3. The summed E-state index contributed by atoms with van der Waals surface area (Å²) in [5.74, 6) is 2.50. The number of aromatic nitrogens is 1. The fraction of sp³-hybridized carbons (Fsp3) is 0.476. The van der Waals surface area contributed by atoms with Gasteiger partial charge >= 0.3 is 0 Å². The SMILES string of the molecule is CN=C(NCCn1cccc1)NCc1ccc(OC)cc1OC1CCCC1.